The van der Waals surface area contributed by atoms with Crippen molar-refractivity contribution in [1.29, 1.82) is 0 Å². The molecule has 2 aromatic carbocycles. The first kappa shape index (κ1) is 15.5. The highest BCUT2D eigenvalue weighted by Gasteiger charge is 2.14. The molecule has 112 valence electrons. The van der Waals surface area contributed by atoms with Crippen LogP contribution in [0.1, 0.15) is 31.0 Å². The van der Waals surface area contributed by atoms with Gasteiger partial charge in [0.15, 0.2) is 0 Å². The molecule has 2 rings (SSSR count). The van der Waals surface area contributed by atoms with E-state index in [1.165, 1.54) is 6.07 Å². The van der Waals surface area contributed by atoms with Gasteiger partial charge in [0.05, 0.1) is 7.11 Å². The van der Waals surface area contributed by atoms with E-state index in [9.17, 15) is 4.39 Å². The fourth-order valence-corrected chi connectivity index (χ4v) is 2.59. The van der Waals surface area contributed by atoms with Crippen LogP contribution >= 0.6 is 0 Å². The molecule has 0 aromatic heterocycles. The van der Waals surface area contributed by atoms with Crippen molar-refractivity contribution in [2.75, 3.05) is 7.11 Å². The summed E-state index contributed by atoms with van der Waals surface area (Å²) in [5.41, 5.74) is 1.85. The van der Waals surface area contributed by atoms with Gasteiger partial charge in [-0.25, -0.2) is 4.39 Å². The normalized spacial score (nSPS) is 13.7. The summed E-state index contributed by atoms with van der Waals surface area (Å²) in [6.45, 7) is 4.16. The standard InChI is InChI=1S/C18H22FNO/c1-13(12-15-8-4-6-10-17(15)19)20-14(2)16-9-5-7-11-18(16)21-3/h4-11,13-14,20H,12H2,1-3H3. The van der Waals surface area contributed by atoms with Gasteiger partial charge in [0, 0.05) is 17.6 Å². The zero-order valence-electron chi connectivity index (χ0n) is 12.8. The molecular weight excluding hydrogens is 265 g/mol. The smallest absolute Gasteiger partial charge is 0.126 e. The van der Waals surface area contributed by atoms with Crippen LogP contribution in [0.5, 0.6) is 5.75 Å². The Morgan fingerprint density at radius 2 is 1.71 bits per heavy atom. The second-order valence-electron chi connectivity index (χ2n) is 5.33. The van der Waals surface area contributed by atoms with Gasteiger partial charge >= 0.3 is 0 Å². The minimum Gasteiger partial charge on any atom is -0.496 e. The minimum atomic E-state index is -0.143. The number of benzene rings is 2. The molecule has 0 heterocycles. The Hall–Kier alpha value is -1.87. The molecule has 0 radical (unpaired) electrons. The van der Waals surface area contributed by atoms with Gasteiger partial charge in [0.1, 0.15) is 11.6 Å². The third kappa shape index (κ3) is 4.05. The monoisotopic (exact) mass is 287 g/mol. The van der Waals surface area contributed by atoms with Crippen molar-refractivity contribution in [3.63, 3.8) is 0 Å². The molecule has 0 aliphatic carbocycles. The fourth-order valence-electron chi connectivity index (χ4n) is 2.59. The van der Waals surface area contributed by atoms with Crippen molar-refractivity contribution in [1.82, 2.24) is 5.32 Å². The Bertz CT molecular complexity index is 585. The predicted octanol–water partition coefficient (Wildman–Crippen LogP) is 4.12. The number of nitrogens with one attached hydrogen (secondary N) is 1. The van der Waals surface area contributed by atoms with Crippen LogP contribution in [-0.2, 0) is 6.42 Å². The maximum absolute atomic E-state index is 13.7. The summed E-state index contributed by atoms with van der Waals surface area (Å²) in [5, 5.41) is 3.50. The molecule has 2 unspecified atom stereocenters. The van der Waals surface area contributed by atoms with Gasteiger partial charge in [-0.2, -0.15) is 0 Å². The molecule has 2 nitrogen and oxygen atoms in total. The number of ether oxygens (including phenoxy) is 1. The zero-order chi connectivity index (χ0) is 15.2. The lowest BCUT2D eigenvalue weighted by molar-refractivity contribution is 0.394. The van der Waals surface area contributed by atoms with E-state index in [0.717, 1.165) is 16.9 Å². The molecule has 3 heteroatoms. The van der Waals surface area contributed by atoms with Gasteiger partial charge < -0.3 is 10.1 Å². The van der Waals surface area contributed by atoms with Crippen LogP contribution in [0, 0.1) is 5.82 Å². The number of para-hydroxylation sites is 1. The van der Waals surface area contributed by atoms with E-state index in [2.05, 4.69) is 19.2 Å². The minimum absolute atomic E-state index is 0.142. The lowest BCUT2D eigenvalue weighted by Crippen LogP contribution is -2.31. The largest absolute Gasteiger partial charge is 0.496 e. The quantitative estimate of drug-likeness (QED) is 0.863. The maximum Gasteiger partial charge on any atom is 0.126 e. The summed E-state index contributed by atoms with van der Waals surface area (Å²) < 4.78 is 19.1. The maximum atomic E-state index is 13.7. The third-order valence-corrected chi connectivity index (χ3v) is 3.62. The van der Waals surface area contributed by atoms with E-state index in [1.807, 2.05) is 36.4 Å². The SMILES string of the molecule is COc1ccccc1C(C)NC(C)Cc1ccccc1F. The highest BCUT2D eigenvalue weighted by Crippen LogP contribution is 2.25. The van der Waals surface area contributed by atoms with Crippen molar-refractivity contribution in [3.8, 4) is 5.75 Å². The van der Waals surface area contributed by atoms with Gasteiger partial charge in [0.25, 0.3) is 0 Å². The summed E-state index contributed by atoms with van der Waals surface area (Å²) in [7, 11) is 1.67. The molecule has 2 aromatic rings. The Morgan fingerprint density at radius 3 is 2.43 bits per heavy atom. The predicted molar refractivity (Wildman–Crippen MR) is 84.1 cm³/mol. The molecule has 0 aliphatic rings. The molecule has 0 bridgehead atoms. The molecule has 0 fully saturated rings. The van der Waals surface area contributed by atoms with Crippen molar-refractivity contribution in [2.24, 2.45) is 0 Å². The van der Waals surface area contributed by atoms with Gasteiger partial charge in [-0.3, -0.25) is 0 Å². The van der Waals surface area contributed by atoms with Crippen LogP contribution in [0.15, 0.2) is 48.5 Å². The van der Waals surface area contributed by atoms with Crippen LogP contribution in [0.25, 0.3) is 0 Å². The highest BCUT2D eigenvalue weighted by molar-refractivity contribution is 5.35. The molecule has 0 saturated heterocycles. The van der Waals surface area contributed by atoms with Gasteiger partial charge in [-0.1, -0.05) is 36.4 Å². The number of hydrogen-bond donors (Lipinski definition) is 1. The summed E-state index contributed by atoms with van der Waals surface area (Å²) in [6, 6.07) is 15.2. The van der Waals surface area contributed by atoms with Gasteiger partial charge in [0.2, 0.25) is 0 Å². The molecule has 21 heavy (non-hydrogen) atoms. The first-order valence-electron chi connectivity index (χ1n) is 7.24. The van der Waals surface area contributed by atoms with Crippen molar-refractivity contribution in [3.05, 3.63) is 65.5 Å². The second kappa shape index (κ2) is 7.23. The van der Waals surface area contributed by atoms with Crippen LogP contribution in [0.3, 0.4) is 0 Å². The summed E-state index contributed by atoms with van der Waals surface area (Å²) in [4.78, 5) is 0. The van der Waals surface area contributed by atoms with E-state index < -0.39 is 0 Å². The molecule has 0 amide bonds. The Kier molecular flexibility index (Phi) is 5.34. The molecule has 2 atom stereocenters. The van der Waals surface area contributed by atoms with Crippen molar-refractivity contribution < 1.29 is 9.13 Å². The lowest BCUT2D eigenvalue weighted by Gasteiger charge is -2.22. The number of methoxy groups -OCH3 is 1. The van der Waals surface area contributed by atoms with Crippen LogP contribution in [0.4, 0.5) is 4.39 Å². The Balaban J connectivity index is 2.02. The lowest BCUT2D eigenvalue weighted by atomic mass is 10.0. The molecule has 0 spiro atoms. The molecule has 0 aliphatic heterocycles. The highest BCUT2D eigenvalue weighted by atomic mass is 19.1. The first-order valence-corrected chi connectivity index (χ1v) is 7.24. The topological polar surface area (TPSA) is 21.3 Å². The number of halogens is 1. The van der Waals surface area contributed by atoms with E-state index in [-0.39, 0.29) is 17.9 Å². The van der Waals surface area contributed by atoms with Gasteiger partial charge in [-0.15, -0.1) is 0 Å². The fraction of sp³-hybridized carbons (Fsp3) is 0.333. The number of hydrogen-bond acceptors (Lipinski definition) is 2. The molecular formula is C18H22FNO. The Morgan fingerprint density at radius 1 is 1.05 bits per heavy atom. The summed E-state index contributed by atoms with van der Waals surface area (Å²) in [6.07, 6.45) is 0.659. The van der Waals surface area contributed by atoms with Crippen molar-refractivity contribution >= 4 is 0 Å². The van der Waals surface area contributed by atoms with E-state index in [0.29, 0.717) is 6.42 Å². The first-order chi connectivity index (χ1) is 10.1. The molecule has 1 N–H and O–H groups in total. The van der Waals surface area contributed by atoms with E-state index in [4.69, 9.17) is 4.74 Å². The van der Waals surface area contributed by atoms with Crippen molar-refractivity contribution in [2.45, 2.75) is 32.4 Å². The van der Waals surface area contributed by atoms with Crippen LogP contribution in [-0.4, -0.2) is 13.2 Å². The average Bonchev–Trinajstić information content (AvgIpc) is 2.49. The second-order valence-corrected chi connectivity index (χ2v) is 5.33. The molecule has 0 saturated carbocycles. The van der Waals surface area contributed by atoms with Gasteiger partial charge in [-0.05, 0) is 38.0 Å². The average molecular weight is 287 g/mol. The van der Waals surface area contributed by atoms with E-state index >= 15 is 0 Å². The van der Waals surface area contributed by atoms with Crippen LogP contribution < -0.4 is 10.1 Å². The third-order valence-electron chi connectivity index (χ3n) is 3.62. The Labute approximate surface area is 126 Å². The number of rotatable bonds is 6. The summed E-state index contributed by atoms with van der Waals surface area (Å²) >= 11 is 0. The van der Waals surface area contributed by atoms with E-state index in [1.54, 1.807) is 13.2 Å². The zero-order valence-corrected chi connectivity index (χ0v) is 12.8. The summed E-state index contributed by atoms with van der Waals surface area (Å²) in [5.74, 6) is 0.728. The van der Waals surface area contributed by atoms with Crippen LogP contribution in [0.2, 0.25) is 0 Å².